The molecular formula is C18H13N3OS2. The van der Waals surface area contributed by atoms with Crippen LogP contribution in [0.15, 0.2) is 66.0 Å². The maximum Gasteiger partial charge on any atom is 0.324 e. The highest BCUT2D eigenvalue weighted by Crippen LogP contribution is 2.30. The smallest absolute Gasteiger partial charge is 0.308 e. The van der Waals surface area contributed by atoms with Crippen LogP contribution in [-0.4, -0.2) is 11.0 Å². The van der Waals surface area contributed by atoms with Crippen LogP contribution in [0.1, 0.15) is 0 Å². The van der Waals surface area contributed by atoms with E-state index in [0.29, 0.717) is 0 Å². The van der Waals surface area contributed by atoms with Crippen LogP contribution in [0.25, 0.3) is 20.8 Å². The van der Waals surface area contributed by atoms with Crippen LogP contribution in [0.2, 0.25) is 0 Å². The molecule has 0 atom stereocenters. The van der Waals surface area contributed by atoms with Gasteiger partial charge in [-0.2, -0.15) is 0 Å². The Hall–Kier alpha value is -2.70. The Kier molecular flexibility index (Phi) is 3.98. The van der Waals surface area contributed by atoms with E-state index in [9.17, 15) is 4.79 Å². The molecular weight excluding hydrogens is 338 g/mol. The number of thiophene rings is 1. The van der Waals surface area contributed by atoms with E-state index in [0.717, 1.165) is 26.8 Å². The molecule has 4 rings (SSSR count). The molecule has 0 spiro atoms. The van der Waals surface area contributed by atoms with Gasteiger partial charge in [-0.25, -0.2) is 9.78 Å². The van der Waals surface area contributed by atoms with Crippen LogP contribution < -0.4 is 10.6 Å². The molecule has 118 valence electrons. The lowest BCUT2D eigenvalue weighted by molar-refractivity contribution is 0.262. The van der Waals surface area contributed by atoms with Crippen molar-refractivity contribution in [1.29, 1.82) is 0 Å². The first-order chi connectivity index (χ1) is 11.8. The first-order valence-corrected chi connectivity index (χ1v) is 9.05. The van der Waals surface area contributed by atoms with Gasteiger partial charge in [-0.05, 0) is 53.9 Å². The lowest BCUT2D eigenvalue weighted by Gasteiger charge is -2.06. The van der Waals surface area contributed by atoms with E-state index in [1.165, 1.54) is 16.0 Å². The van der Waals surface area contributed by atoms with Gasteiger partial charge < -0.3 is 5.32 Å². The molecule has 2 aromatic heterocycles. The fraction of sp³-hybridized carbons (Fsp3) is 0. The molecule has 0 unspecified atom stereocenters. The number of fused-ring (bicyclic) bond motifs is 1. The summed E-state index contributed by atoms with van der Waals surface area (Å²) in [5, 5.41) is 9.33. The Morgan fingerprint density at radius 3 is 2.50 bits per heavy atom. The number of thiazole rings is 1. The molecule has 0 aliphatic heterocycles. The number of nitrogens with zero attached hydrogens (tertiary/aromatic N) is 1. The molecule has 2 amide bonds. The molecule has 0 saturated heterocycles. The highest BCUT2D eigenvalue weighted by atomic mass is 32.1. The summed E-state index contributed by atoms with van der Waals surface area (Å²) in [5.74, 6) is 0. The third-order valence-electron chi connectivity index (χ3n) is 3.44. The predicted octanol–water partition coefficient (Wildman–Crippen LogP) is 5.67. The topological polar surface area (TPSA) is 54.0 Å². The van der Waals surface area contributed by atoms with Gasteiger partial charge in [-0.3, -0.25) is 5.32 Å². The molecule has 0 aliphatic rings. The lowest BCUT2D eigenvalue weighted by atomic mass is 10.2. The summed E-state index contributed by atoms with van der Waals surface area (Å²) in [5.41, 5.74) is 2.80. The monoisotopic (exact) mass is 351 g/mol. The van der Waals surface area contributed by atoms with Crippen LogP contribution in [0.5, 0.6) is 0 Å². The Labute approximate surface area is 146 Å². The second kappa shape index (κ2) is 6.43. The van der Waals surface area contributed by atoms with E-state index in [1.807, 2.05) is 60.0 Å². The summed E-state index contributed by atoms with van der Waals surface area (Å²) in [4.78, 5) is 16.6. The van der Waals surface area contributed by atoms with Gasteiger partial charge in [0, 0.05) is 11.3 Å². The number of carbonyl (C=O) groups excluding carboxylic acids is 1. The molecule has 6 heteroatoms. The molecule has 0 bridgehead atoms. The van der Waals surface area contributed by atoms with Gasteiger partial charge in [-0.15, -0.1) is 22.7 Å². The molecule has 4 nitrogen and oxygen atoms in total. The van der Waals surface area contributed by atoms with Crippen molar-refractivity contribution in [3.63, 3.8) is 0 Å². The Morgan fingerprint density at radius 2 is 1.75 bits per heavy atom. The zero-order chi connectivity index (χ0) is 16.4. The normalized spacial score (nSPS) is 10.7. The van der Waals surface area contributed by atoms with Crippen molar-refractivity contribution in [2.45, 2.75) is 0 Å². The summed E-state index contributed by atoms with van der Waals surface area (Å²) in [6.07, 6.45) is 0. The fourth-order valence-corrected chi connectivity index (χ4v) is 3.90. The standard InChI is InChI=1S/C18H13N3OS2/c22-18(21-16-6-3-11-23-16)19-13-9-7-12(8-10-13)17-20-14-4-1-2-5-15(14)24-17/h1-11H,(H2,19,21,22). The Morgan fingerprint density at radius 1 is 0.917 bits per heavy atom. The number of benzene rings is 2. The molecule has 4 aromatic rings. The van der Waals surface area contributed by atoms with Crippen molar-refractivity contribution in [1.82, 2.24) is 4.98 Å². The third kappa shape index (κ3) is 3.15. The Bertz CT molecular complexity index is 942. The van der Waals surface area contributed by atoms with E-state index in [4.69, 9.17) is 0 Å². The van der Waals surface area contributed by atoms with E-state index < -0.39 is 0 Å². The number of nitrogens with one attached hydrogen (secondary N) is 2. The third-order valence-corrected chi connectivity index (χ3v) is 5.31. The molecule has 24 heavy (non-hydrogen) atoms. The average Bonchev–Trinajstić information content (AvgIpc) is 3.24. The van der Waals surface area contributed by atoms with Gasteiger partial charge in [0.05, 0.1) is 15.2 Å². The van der Waals surface area contributed by atoms with Crippen molar-refractivity contribution < 1.29 is 4.79 Å². The number of rotatable bonds is 3. The van der Waals surface area contributed by atoms with Crippen LogP contribution in [0.3, 0.4) is 0 Å². The van der Waals surface area contributed by atoms with Gasteiger partial charge >= 0.3 is 6.03 Å². The second-order valence-corrected chi connectivity index (χ2v) is 7.10. The van der Waals surface area contributed by atoms with Crippen LogP contribution >= 0.6 is 22.7 Å². The highest BCUT2D eigenvalue weighted by Gasteiger charge is 2.07. The SMILES string of the molecule is O=C(Nc1ccc(-c2nc3ccccc3s2)cc1)Nc1cccs1. The first-order valence-electron chi connectivity index (χ1n) is 7.35. The Balaban J connectivity index is 1.49. The van der Waals surface area contributed by atoms with E-state index >= 15 is 0 Å². The van der Waals surface area contributed by atoms with Crippen LogP contribution in [0, 0.1) is 0 Å². The fourth-order valence-electron chi connectivity index (χ4n) is 2.32. The molecule has 0 fully saturated rings. The average molecular weight is 351 g/mol. The molecule has 0 saturated carbocycles. The van der Waals surface area contributed by atoms with Crippen molar-refractivity contribution in [3.8, 4) is 10.6 Å². The van der Waals surface area contributed by atoms with Crippen LogP contribution in [-0.2, 0) is 0 Å². The first kappa shape index (κ1) is 14.9. The number of anilines is 2. The van der Waals surface area contributed by atoms with Crippen molar-refractivity contribution in [2.24, 2.45) is 0 Å². The maximum atomic E-state index is 11.9. The summed E-state index contributed by atoms with van der Waals surface area (Å²) < 4.78 is 1.17. The van der Waals surface area contributed by atoms with Gasteiger partial charge in [0.1, 0.15) is 5.01 Å². The van der Waals surface area contributed by atoms with Gasteiger partial charge in [0.25, 0.3) is 0 Å². The van der Waals surface area contributed by atoms with E-state index in [-0.39, 0.29) is 6.03 Å². The number of hydrogen-bond donors (Lipinski definition) is 2. The zero-order valence-corrected chi connectivity index (χ0v) is 14.2. The minimum Gasteiger partial charge on any atom is -0.308 e. The largest absolute Gasteiger partial charge is 0.324 e. The summed E-state index contributed by atoms with van der Waals surface area (Å²) in [6, 6.07) is 19.3. The van der Waals surface area contributed by atoms with Gasteiger partial charge in [0.2, 0.25) is 0 Å². The number of carbonyl (C=O) groups is 1. The van der Waals surface area contributed by atoms with E-state index in [1.54, 1.807) is 11.3 Å². The van der Waals surface area contributed by atoms with Gasteiger partial charge in [-0.1, -0.05) is 12.1 Å². The number of hydrogen-bond acceptors (Lipinski definition) is 4. The van der Waals surface area contributed by atoms with Crippen molar-refractivity contribution in [2.75, 3.05) is 10.6 Å². The van der Waals surface area contributed by atoms with Crippen molar-refractivity contribution >= 4 is 49.6 Å². The minimum absolute atomic E-state index is 0.245. The molecule has 2 N–H and O–H groups in total. The molecule has 0 aliphatic carbocycles. The number of para-hydroxylation sites is 1. The minimum atomic E-state index is -0.245. The maximum absolute atomic E-state index is 11.9. The number of urea groups is 1. The quantitative estimate of drug-likeness (QED) is 0.500. The zero-order valence-electron chi connectivity index (χ0n) is 12.5. The summed E-state index contributed by atoms with van der Waals surface area (Å²) >= 11 is 3.15. The summed E-state index contributed by atoms with van der Waals surface area (Å²) in [6.45, 7) is 0. The number of aromatic nitrogens is 1. The summed E-state index contributed by atoms with van der Waals surface area (Å²) in [7, 11) is 0. The lowest BCUT2D eigenvalue weighted by Crippen LogP contribution is -2.18. The molecule has 2 aromatic carbocycles. The van der Waals surface area contributed by atoms with Crippen LogP contribution in [0.4, 0.5) is 15.5 Å². The van der Waals surface area contributed by atoms with Crippen molar-refractivity contribution in [3.05, 3.63) is 66.0 Å². The van der Waals surface area contributed by atoms with E-state index in [2.05, 4.69) is 21.7 Å². The van der Waals surface area contributed by atoms with Gasteiger partial charge in [0.15, 0.2) is 0 Å². The molecule has 0 radical (unpaired) electrons. The predicted molar refractivity (Wildman–Crippen MR) is 102 cm³/mol. The second-order valence-electron chi connectivity index (χ2n) is 5.12. The highest BCUT2D eigenvalue weighted by molar-refractivity contribution is 7.21. The number of amides is 2. The molecule has 2 heterocycles.